The first-order chi connectivity index (χ1) is 12.5. The monoisotopic (exact) mass is 359 g/mol. The largest absolute Gasteiger partial charge is 0.496 e. The maximum absolute atomic E-state index is 12.6. The number of hydrogen-bond acceptors (Lipinski definition) is 5. The fraction of sp³-hybridized carbons (Fsp3) is 0.350. The molecule has 1 N–H and O–H groups in total. The van der Waals surface area contributed by atoms with Crippen LogP contribution in [0.4, 0.5) is 0 Å². The highest BCUT2D eigenvalue weighted by Gasteiger charge is 2.17. The Bertz CT molecular complexity index is 741. The van der Waals surface area contributed by atoms with Gasteiger partial charge in [-0.1, -0.05) is 12.1 Å². The number of carbonyl (C=O) groups excluding carboxylic acids is 1. The molecule has 2 aromatic rings. The molecule has 0 aliphatic heterocycles. The van der Waals surface area contributed by atoms with Crippen molar-refractivity contribution in [1.82, 2.24) is 5.32 Å². The third-order valence-corrected chi connectivity index (χ3v) is 3.70. The van der Waals surface area contributed by atoms with Crippen molar-refractivity contribution < 1.29 is 23.7 Å². The van der Waals surface area contributed by atoms with Gasteiger partial charge in [0.05, 0.1) is 33.0 Å². The van der Waals surface area contributed by atoms with Crippen LogP contribution in [0.15, 0.2) is 36.4 Å². The second-order valence-electron chi connectivity index (χ2n) is 5.90. The van der Waals surface area contributed by atoms with Crippen molar-refractivity contribution in [1.29, 1.82) is 0 Å². The average Bonchev–Trinajstić information content (AvgIpc) is 2.65. The molecule has 0 saturated heterocycles. The number of nitrogens with one attached hydrogen (secondary N) is 1. The molecule has 0 saturated carbocycles. The van der Waals surface area contributed by atoms with Crippen LogP contribution < -0.4 is 24.3 Å². The minimum atomic E-state index is -0.259. The quantitative estimate of drug-likeness (QED) is 0.782. The SMILES string of the molecule is COc1cc(OC)c(C(=O)NCc2ccc(OC(C)C)cc2)cc1OC. The lowest BCUT2D eigenvalue weighted by atomic mass is 10.1. The summed E-state index contributed by atoms with van der Waals surface area (Å²) in [6.07, 6.45) is 0.123. The topological polar surface area (TPSA) is 66.0 Å². The molecule has 0 aromatic heterocycles. The van der Waals surface area contributed by atoms with E-state index in [1.54, 1.807) is 12.1 Å². The van der Waals surface area contributed by atoms with Crippen molar-refractivity contribution in [2.75, 3.05) is 21.3 Å². The molecular weight excluding hydrogens is 334 g/mol. The molecule has 140 valence electrons. The van der Waals surface area contributed by atoms with Crippen LogP contribution in [-0.2, 0) is 6.54 Å². The summed E-state index contributed by atoms with van der Waals surface area (Å²) in [7, 11) is 4.56. The van der Waals surface area contributed by atoms with Crippen LogP contribution in [0.2, 0.25) is 0 Å². The van der Waals surface area contributed by atoms with Gasteiger partial charge in [-0.15, -0.1) is 0 Å². The Labute approximate surface area is 154 Å². The average molecular weight is 359 g/mol. The van der Waals surface area contributed by atoms with Gasteiger partial charge in [0.25, 0.3) is 5.91 Å². The van der Waals surface area contributed by atoms with Crippen molar-refractivity contribution in [2.45, 2.75) is 26.5 Å². The van der Waals surface area contributed by atoms with E-state index >= 15 is 0 Å². The smallest absolute Gasteiger partial charge is 0.255 e. The van der Waals surface area contributed by atoms with E-state index in [1.807, 2.05) is 38.1 Å². The van der Waals surface area contributed by atoms with Crippen LogP contribution in [-0.4, -0.2) is 33.3 Å². The molecular formula is C20H25NO5. The molecule has 2 rings (SSSR count). The Morgan fingerprint density at radius 3 is 2.04 bits per heavy atom. The van der Waals surface area contributed by atoms with Gasteiger partial charge in [0.15, 0.2) is 11.5 Å². The maximum atomic E-state index is 12.6. The number of amides is 1. The number of carbonyl (C=O) groups is 1. The molecule has 26 heavy (non-hydrogen) atoms. The fourth-order valence-corrected chi connectivity index (χ4v) is 2.44. The van der Waals surface area contributed by atoms with Crippen LogP contribution in [0.25, 0.3) is 0 Å². The highest BCUT2D eigenvalue weighted by Crippen LogP contribution is 2.34. The molecule has 1 amide bonds. The van der Waals surface area contributed by atoms with Gasteiger partial charge < -0.3 is 24.3 Å². The third kappa shape index (κ3) is 4.81. The molecule has 6 nitrogen and oxygen atoms in total. The van der Waals surface area contributed by atoms with E-state index in [4.69, 9.17) is 18.9 Å². The summed E-state index contributed by atoms with van der Waals surface area (Å²) < 4.78 is 21.4. The molecule has 0 spiro atoms. The molecule has 0 fully saturated rings. The fourth-order valence-electron chi connectivity index (χ4n) is 2.44. The van der Waals surface area contributed by atoms with E-state index < -0.39 is 0 Å². The van der Waals surface area contributed by atoms with E-state index in [0.717, 1.165) is 11.3 Å². The Hall–Kier alpha value is -2.89. The number of hydrogen-bond donors (Lipinski definition) is 1. The second kappa shape index (κ2) is 8.99. The normalized spacial score (nSPS) is 10.4. The van der Waals surface area contributed by atoms with E-state index in [9.17, 15) is 4.79 Å². The number of ether oxygens (including phenoxy) is 4. The van der Waals surface area contributed by atoms with Crippen molar-refractivity contribution in [3.05, 3.63) is 47.5 Å². The van der Waals surface area contributed by atoms with Crippen LogP contribution in [0.1, 0.15) is 29.8 Å². The zero-order chi connectivity index (χ0) is 19.1. The Balaban J connectivity index is 2.10. The van der Waals surface area contributed by atoms with Gasteiger partial charge in [0.2, 0.25) is 0 Å². The molecule has 0 aliphatic rings. The lowest BCUT2D eigenvalue weighted by Gasteiger charge is -2.14. The Morgan fingerprint density at radius 1 is 0.923 bits per heavy atom. The van der Waals surface area contributed by atoms with Crippen molar-refractivity contribution in [3.8, 4) is 23.0 Å². The first-order valence-electron chi connectivity index (χ1n) is 8.32. The second-order valence-corrected chi connectivity index (χ2v) is 5.90. The van der Waals surface area contributed by atoms with Crippen LogP contribution in [0, 0.1) is 0 Å². The molecule has 2 aromatic carbocycles. The third-order valence-electron chi connectivity index (χ3n) is 3.70. The number of rotatable bonds is 8. The summed E-state index contributed by atoms with van der Waals surface area (Å²) in [4.78, 5) is 12.6. The van der Waals surface area contributed by atoms with Gasteiger partial charge in [-0.05, 0) is 31.5 Å². The number of benzene rings is 2. The summed E-state index contributed by atoms with van der Waals surface area (Å²) in [6, 6.07) is 10.9. The zero-order valence-corrected chi connectivity index (χ0v) is 15.8. The standard InChI is InChI=1S/C20H25NO5/c1-13(2)26-15-8-6-14(7-9-15)12-21-20(22)16-10-18(24-4)19(25-5)11-17(16)23-3/h6-11,13H,12H2,1-5H3,(H,21,22). The summed E-state index contributed by atoms with van der Waals surface area (Å²) in [5.41, 5.74) is 1.35. The van der Waals surface area contributed by atoms with Gasteiger partial charge in [0, 0.05) is 18.7 Å². The van der Waals surface area contributed by atoms with E-state index in [0.29, 0.717) is 29.4 Å². The summed E-state index contributed by atoms with van der Waals surface area (Å²) in [6.45, 7) is 4.34. The Morgan fingerprint density at radius 2 is 1.50 bits per heavy atom. The van der Waals surface area contributed by atoms with Crippen molar-refractivity contribution >= 4 is 5.91 Å². The molecule has 6 heteroatoms. The van der Waals surface area contributed by atoms with E-state index in [2.05, 4.69) is 5.32 Å². The highest BCUT2D eigenvalue weighted by atomic mass is 16.5. The predicted octanol–water partition coefficient (Wildman–Crippen LogP) is 3.43. The summed E-state index contributed by atoms with van der Waals surface area (Å²) in [5, 5.41) is 2.88. The van der Waals surface area contributed by atoms with Crippen LogP contribution in [0.5, 0.6) is 23.0 Å². The van der Waals surface area contributed by atoms with Gasteiger partial charge in [-0.3, -0.25) is 4.79 Å². The maximum Gasteiger partial charge on any atom is 0.255 e. The van der Waals surface area contributed by atoms with Crippen molar-refractivity contribution in [2.24, 2.45) is 0 Å². The minimum Gasteiger partial charge on any atom is -0.496 e. The molecule has 0 heterocycles. The lowest BCUT2D eigenvalue weighted by molar-refractivity contribution is 0.0947. The summed E-state index contributed by atoms with van der Waals surface area (Å²) in [5.74, 6) is 1.93. The van der Waals surface area contributed by atoms with Crippen molar-refractivity contribution in [3.63, 3.8) is 0 Å². The zero-order valence-electron chi connectivity index (χ0n) is 15.8. The molecule has 0 atom stereocenters. The first-order valence-corrected chi connectivity index (χ1v) is 8.32. The van der Waals surface area contributed by atoms with Gasteiger partial charge >= 0.3 is 0 Å². The first kappa shape index (κ1) is 19.4. The van der Waals surface area contributed by atoms with Gasteiger partial charge in [-0.2, -0.15) is 0 Å². The summed E-state index contributed by atoms with van der Waals surface area (Å²) >= 11 is 0. The predicted molar refractivity (Wildman–Crippen MR) is 99.5 cm³/mol. The Kier molecular flexibility index (Phi) is 6.72. The molecule has 0 aliphatic carbocycles. The number of methoxy groups -OCH3 is 3. The molecule has 0 bridgehead atoms. The van der Waals surface area contributed by atoms with Gasteiger partial charge in [-0.25, -0.2) is 0 Å². The van der Waals surface area contributed by atoms with E-state index in [1.165, 1.54) is 21.3 Å². The lowest BCUT2D eigenvalue weighted by Crippen LogP contribution is -2.23. The molecule has 0 radical (unpaired) electrons. The minimum absolute atomic E-state index is 0.123. The van der Waals surface area contributed by atoms with Gasteiger partial charge in [0.1, 0.15) is 11.5 Å². The van der Waals surface area contributed by atoms with Crippen LogP contribution >= 0.6 is 0 Å². The highest BCUT2D eigenvalue weighted by molar-refractivity contribution is 5.97. The van der Waals surface area contributed by atoms with E-state index in [-0.39, 0.29) is 12.0 Å². The van der Waals surface area contributed by atoms with Crippen LogP contribution in [0.3, 0.4) is 0 Å². The molecule has 0 unspecified atom stereocenters.